The number of rotatable bonds is 10. The highest BCUT2D eigenvalue weighted by Gasteiger charge is 2.11. The van der Waals surface area contributed by atoms with Gasteiger partial charge in [0.05, 0.1) is 20.3 Å². The Morgan fingerprint density at radius 2 is 1.59 bits per heavy atom. The highest BCUT2D eigenvalue weighted by Crippen LogP contribution is 2.16. The number of nitrogens with one attached hydrogen (secondary N) is 2. The fourth-order valence-electron chi connectivity index (χ4n) is 2.16. The lowest BCUT2D eigenvalue weighted by Gasteiger charge is -2.09. The summed E-state index contributed by atoms with van der Waals surface area (Å²) in [5.74, 6) is 0.761. The van der Waals surface area contributed by atoms with Crippen molar-refractivity contribution in [2.75, 3.05) is 40.5 Å². The molecule has 0 radical (unpaired) electrons. The normalized spacial score (nSPS) is 10.1. The number of aromatic nitrogens is 1. The summed E-state index contributed by atoms with van der Waals surface area (Å²) < 4.78 is 15.5. The molecular formula is C19H23N3O5. The molecule has 1 aromatic carbocycles. The third-order valence-corrected chi connectivity index (χ3v) is 3.56. The largest absolute Gasteiger partial charge is 0.497 e. The number of carbonyl (C=O) groups excluding carboxylic acids is 2. The van der Waals surface area contributed by atoms with Gasteiger partial charge in [-0.2, -0.15) is 0 Å². The van der Waals surface area contributed by atoms with Crippen LogP contribution in [-0.4, -0.2) is 57.3 Å². The number of nitrogens with zero attached hydrogens (tertiary/aromatic N) is 1. The molecule has 0 aliphatic rings. The Kier molecular flexibility index (Phi) is 8.05. The summed E-state index contributed by atoms with van der Waals surface area (Å²) in [6, 6.07) is 10.2. The highest BCUT2D eigenvalue weighted by molar-refractivity contribution is 5.98. The van der Waals surface area contributed by atoms with Crippen LogP contribution in [-0.2, 0) is 4.74 Å². The first-order chi connectivity index (χ1) is 13.1. The molecule has 2 N–H and O–H groups in total. The lowest BCUT2D eigenvalue weighted by atomic mass is 10.2. The first-order valence-electron chi connectivity index (χ1n) is 8.42. The average Bonchev–Trinajstić information content (AvgIpc) is 2.71. The fraction of sp³-hybridized carbons (Fsp3) is 0.316. The minimum atomic E-state index is -0.375. The Morgan fingerprint density at radius 3 is 2.30 bits per heavy atom. The van der Waals surface area contributed by atoms with Crippen LogP contribution in [0.25, 0.3) is 0 Å². The third-order valence-electron chi connectivity index (χ3n) is 3.56. The van der Waals surface area contributed by atoms with Crippen LogP contribution in [0.3, 0.4) is 0 Å². The Balaban J connectivity index is 1.79. The molecule has 0 bridgehead atoms. The molecule has 0 unspecified atom stereocenters. The van der Waals surface area contributed by atoms with Crippen molar-refractivity contribution in [3.63, 3.8) is 0 Å². The number of hydrogen-bond acceptors (Lipinski definition) is 6. The van der Waals surface area contributed by atoms with Crippen molar-refractivity contribution in [2.24, 2.45) is 0 Å². The molecule has 27 heavy (non-hydrogen) atoms. The van der Waals surface area contributed by atoms with E-state index in [0.29, 0.717) is 37.6 Å². The van der Waals surface area contributed by atoms with Crippen molar-refractivity contribution in [2.45, 2.75) is 0 Å². The number of hydrogen-bond donors (Lipinski definition) is 2. The van der Waals surface area contributed by atoms with Crippen molar-refractivity contribution in [3.8, 4) is 11.5 Å². The van der Waals surface area contributed by atoms with Gasteiger partial charge in [0.25, 0.3) is 11.8 Å². The highest BCUT2D eigenvalue weighted by atomic mass is 16.5. The number of methoxy groups -OCH3 is 2. The molecule has 1 heterocycles. The van der Waals surface area contributed by atoms with Gasteiger partial charge in [0, 0.05) is 25.4 Å². The van der Waals surface area contributed by atoms with Gasteiger partial charge >= 0.3 is 0 Å². The molecule has 0 fully saturated rings. The minimum absolute atomic E-state index is 0.166. The van der Waals surface area contributed by atoms with Crippen LogP contribution in [0.2, 0.25) is 0 Å². The van der Waals surface area contributed by atoms with Gasteiger partial charge in [0.1, 0.15) is 23.8 Å². The van der Waals surface area contributed by atoms with Crippen LogP contribution in [0.1, 0.15) is 20.8 Å². The van der Waals surface area contributed by atoms with Gasteiger partial charge in [0.15, 0.2) is 0 Å². The number of pyridine rings is 1. The van der Waals surface area contributed by atoms with Gasteiger partial charge < -0.3 is 24.8 Å². The summed E-state index contributed by atoms with van der Waals surface area (Å²) in [6.45, 7) is 1.41. The molecule has 144 valence electrons. The SMILES string of the molecule is COCCNC(=O)c1ccnc(C(=O)NCCOc2ccc(OC)cc2)c1. The van der Waals surface area contributed by atoms with Crippen LogP contribution in [0.4, 0.5) is 0 Å². The van der Waals surface area contributed by atoms with E-state index >= 15 is 0 Å². The average molecular weight is 373 g/mol. The zero-order chi connectivity index (χ0) is 19.5. The van der Waals surface area contributed by atoms with Gasteiger partial charge in [-0.05, 0) is 36.4 Å². The number of carbonyl (C=O) groups is 2. The fourth-order valence-corrected chi connectivity index (χ4v) is 2.16. The Labute approximate surface area is 157 Å². The van der Waals surface area contributed by atoms with Crippen LogP contribution < -0.4 is 20.1 Å². The van der Waals surface area contributed by atoms with E-state index in [0.717, 1.165) is 5.75 Å². The lowest BCUT2D eigenvalue weighted by Crippen LogP contribution is -2.30. The summed E-state index contributed by atoms with van der Waals surface area (Å²) in [4.78, 5) is 28.2. The van der Waals surface area contributed by atoms with E-state index in [1.165, 1.54) is 12.3 Å². The third kappa shape index (κ3) is 6.59. The van der Waals surface area contributed by atoms with Crippen LogP contribution in [0, 0.1) is 0 Å². The molecule has 0 saturated heterocycles. The molecule has 2 aromatic rings. The van der Waals surface area contributed by atoms with E-state index in [-0.39, 0.29) is 17.5 Å². The second kappa shape index (κ2) is 10.8. The standard InChI is InChI=1S/C19H23N3O5/c1-25-11-9-21-18(23)14-7-8-20-17(13-14)19(24)22-10-12-27-16-5-3-15(26-2)4-6-16/h3-8,13H,9-12H2,1-2H3,(H,21,23)(H,22,24). The van der Waals surface area contributed by atoms with Gasteiger partial charge in [-0.15, -0.1) is 0 Å². The Morgan fingerprint density at radius 1 is 0.926 bits per heavy atom. The lowest BCUT2D eigenvalue weighted by molar-refractivity contribution is 0.0937. The maximum atomic E-state index is 12.2. The Bertz CT molecular complexity index is 749. The Hall–Kier alpha value is -3.13. The second-order valence-corrected chi connectivity index (χ2v) is 5.46. The molecule has 8 nitrogen and oxygen atoms in total. The van der Waals surface area contributed by atoms with E-state index in [1.54, 1.807) is 44.6 Å². The van der Waals surface area contributed by atoms with Gasteiger partial charge in [-0.1, -0.05) is 0 Å². The quantitative estimate of drug-likeness (QED) is 0.609. The van der Waals surface area contributed by atoms with E-state index in [1.807, 2.05) is 0 Å². The van der Waals surface area contributed by atoms with Gasteiger partial charge in [0.2, 0.25) is 0 Å². The van der Waals surface area contributed by atoms with E-state index in [9.17, 15) is 9.59 Å². The van der Waals surface area contributed by atoms with Crippen molar-refractivity contribution in [3.05, 3.63) is 53.9 Å². The molecule has 8 heteroatoms. The van der Waals surface area contributed by atoms with Crippen molar-refractivity contribution in [1.82, 2.24) is 15.6 Å². The first kappa shape index (κ1) is 20.2. The van der Waals surface area contributed by atoms with Crippen molar-refractivity contribution >= 4 is 11.8 Å². The molecule has 1 aromatic heterocycles. The van der Waals surface area contributed by atoms with Crippen LogP contribution in [0.5, 0.6) is 11.5 Å². The number of benzene rings is 1. The number of ether oxygens (including phenoxy) is 3. The maximum absolute atomic E-state index is 12.2. The van der Waals surface area contributed by atoms with Crippen LogP contribution >= 0.6 is 0 Å². The summed E-state index contributed by atoms with van der Waals surface area (Å²) in [6.07, 6.45) is 1.42. The molecule has 0 spiro atoms. The zero-order valence-electron chi connectivity index (χ0n) is 15.4. The minimum Gasteiger partial charge on any atom is -0.497 e. The predicted molar refractivity (Wildman–Crippen MR) is 99.3 cm³/mol. The molecule has 2 amide bonds. The summed E-state index contributed by atoms with van der Waals surface area (Å²) in [5.41, 5.74) is 0.527. The zero-order valence-corrected chi connectivity index (χ0v) is 15.4. The second-order valence-electron chi connectivity index (χ2n) is 5.46. The molecule has 0 aliphatic carbocycles. The van der Waals surface area contributed by atoms with E-state index in [4.69, 9.17) is 14.2 Å². The first-order valence-corrected chi connectivity index (χ1v) is 8.42. The van der Waals surface area contributed by atoms with Crippen molar-refractivity contribution < 1.29 is 23.8 Å². The summed E-state index contributed by atoms with van der Waals surface area (Å²) in [5, 5.41) is 5.40. The van der Waals surface area contributed by atoms with E-state index < -0.39 is 0 Å². The molecular weight excluding hydrogens is 350 g/mol. The summed E-state index contributed by atoms with van der Waals surface area (Å²) in [7, 11) is 3.15. The molecule has 0 aliphatic heterocycles. The van der Waals surface area contributed by atoms with E-state index in [2.05, 4.69) is 15.6 Å². The van der Waals surface area contributed by atoms with Gasteiger partial charge in [-0.3, -0.25) is 14.6 Å². The maximum Gasteiger partial charge on any atom is 0.270 e. The van der Waals surface area contributed by atoms with Crippen LogP contribution in [0.15, 0.2) is 42.6 Å². The number of amides is 2. The monoisotopic (exact) mass is 373 g/mol. The molecule has 0 atom stereocenters. The topological polar surface area (TPSA) is 98.8 Å². The molecule has 0 saturated carbocycles. The predicted octanol–water partition coefficient (Wildman–Crippen LogP) is 1.28. The van der Waals surface area contributed by atoms with Gasteiger partial charge in [-0.25, -0.2) is 0 Å². The summed E-state index contributed by atoms with van der Waals surface area (Å²) >= 11 is 0. The molecule has 2 rings (SSSR count). The smallest absolute Gasteiger partial charge is 0.270 e. The van der Waals surface area contributed by atoms with Crippen molar-refractivity contribution in [1.29, 1.82) is 0 Å².